The zero-order valence-corrected chi connectivity index (χ0v) is 17.3. The first-order valence-corrected chi connectivity index (χ1v) is 10.9. The maximum Gasteiger partial charge on any atom is 0.243 e. The second kappa shape index (κ2) is 5.96. The maximum atomic E-state index is 12.8. The number of sulfonamides is 1. The Balaban J connectivity index is 1.76. The Morgan fingerprint density at radius 3 is 2.81 bits per heavy atom. The van der Waals surface area contributed by atoms with Gasteiger partial charge in [-0.15, -0.1) is 17.3 Å². The molecule has 6 nitrogen and oxygen atoms in total. The summed E-state index contributed by atoms with van der Waals surface area (Å²) < 4.78 is 26.6. The number of nitrogens with zero attached hydrogens (tertiary/aromatic N) is 3. The fourth-order valence-corrected chi connectivity index (χ4v) is 7.53. The lowest BCUT2D eigenvalue weighted by Gasteiger charge is -2.24. The first-order valence-electron chi connectivity index (χ1n) is 8.20. The summed E-state index contributed by atoms with van der Waals surface area (Å²) in [6, 6.07) is 3.79. The smallest absolute Gasteiger partial charge is 0.243 e. The van der Waals surface area contributed by atoms with Crippen molar-refractivity contribution in [2.75, 3.05) is 7.05 Å². The molecular formula is C18H17ClN4O2S2. The molecule has 1 fully saturated rings. The van der Waals surface area contributed by atoms with E-state index in [1.54, 1.807) is 19.3 Å². The summed E-state index contributed by atoms with van der Waals surface area (Å²) >= 11 is 7.96. The normalized spacial score (nSPS) is 28.0. The maximum absolute atomic E-state index is 12.8. The van der Waals surface area contributed by atoms with Crippen LogP contribution in [0.4, 0.5) is 0 Å². The summed E-state index contributed by atoms with van der Waals surface area (Å²) in [6.45, 7) is 3.58. The minimum absolute atomic E-state index is 0.0131. The SMILES string of the molecule is CC#Cc1cncc(-c2cc(Cl)c(C3C4C3(C)N=C(N)N(C)S4(=O)=O)s2)c1. The molecule has 0 radical (unpaired) electrons. The van der Waals surface area contributed by atoms with Gasteiger partial charge in [0.05, 0.1) is 10.6 Å². The number of rotatable bonds is 2. The zero-order chi connectivity index (χ0) is 19.6. The molecule has 0 amide bonds. The standard InChI is InChI=1S/C18H17ClN4O2S2/c1-4-5-10-6-11(9-21-8-10)13-7-12(19)15(26-13)14-16-18(14,2)22-17(20)23(3)27(16,24)25/h6-9,14,16H,1-3H3,(H2,20,22). The van der Waals surface area contributed by atoms with Gasteiger partial charge >= 0.3 is 0 Å². The fraction of sp³-hybridized carbons (Fsp3) is 0.333. The molecule has 4 rings (SSSR count). The Labute approximate surface area is 167 Å². The topological polar surface area (TPSA) is 88.7 Å². The van der Waals surface area contributed by atoms with Crippen LogP contribution < -0.4 is 5.73 Å². The van der Waals surface area contributed by atoms with Gasteiger partial charge in [0.2, 0.25) is 16.0 Å². The molecule has 140 valence electrons. The van der Waals surface area contributed by atoms with E-state index in [1.165, 1.54) is 18.4 Å². The number of hydrogen-bond donors (Lipinski definition) is 1. The van der Waals surface area contributed by atoms with Crippen molar-refractivity contribution in [3.05, 3.63) is 40.0 Å². The molecule has 3 unspecified atom stereocenters. The van der Waals surface area contributed by atoms with Gasteiger partial charge in [-0.25, -0.2) is 17.7 Å². The summed E-state index contributed by atoms with van der Waals surface area (Å²) in [5, 5.41) is -0.115. The van der Waals surface area contributed by atoms with E-state index in [9.17, 15) is 8.42 Å². The molecule has 27 heavy (non-hydrogen) atoms. The lowest BCUT2D eigenvalue weighted by atomic mass is 10.1. The van der Waals surface area contributed by atoms with Crippen molar-refractivity contribution >= 4 is 38.9 Å². The zero-order valence-electron chi connectivity index (χ0n) is 14.9. The minimum atomic E-state index is -3.56. The molecule has 2 aromatic rings. The predicted molar refractivity (Wildman–Crippen MR) is 108 cm³/mol. The number of aliphatic imine (C=N–C) groups is 1. The van der Waals surface area contributed by atoms with E-state index in [-0.39, 0.29) is 11.9 Å². The van der Waals surface area contributed by atoms with E-state index in [0.717, 1.165) is 25.2 Å². The van der Waals surface area contributed by atoms with E-state index in [2.05, 4.69) is 21.8 Å². The van der Waals surface area contributed by atoms with E-state index in [0.29, 0.717) is 5.02 Å². The van der Waals surface area contributed by atoms with Crippen LogP contribution in [0.1, 0.15) is 30.2 Å². The number of guanidine groups is 1. The van der Waals surface area contributed by atoms with Crippen LogP contribution in [0.2, 0.25) is 5.02 Å². The van der Waals surface area contributed by atoms with Gasteiger partial charge in [-0.05, 0) is 26.0 Å². The van der Waals surface area contributed by atoms with E-state index in [4.69, 9.17) is 17.3 Å². The van der Waals surface area contributed by atoms with Crippen LogP contribution in [0.5, 0.6) is 0 Å². The molecule has 9 heteroatoms. The highest BCUT2D eigenvalue weighted by atomic mass is 35.5. The van der Waals surface area contributed by atoms with Crippen molar-refractivity contribution in [1.82, 2.24) is 9.29 Å². The van der Waals surface area contributed by atoms with E-state index >= 15 is 0 Å². The molecule has 2 N–H and O–H groups in total. The average molecular weight is 421 g/mol. The summed E-state index contributed by atoms with van der Waals surface area (Å²) in [6.07, 6.45) is 3.45. The van der Waals surface area contributed by atoms with E-state index in [1.807, 2.05) is 19.1 Å². The number of halogens is 1. The van der Waals surface area contributed by atoms with Crippen LogP contribution in [0, 0.1) is 11.8 Å². The minimum Gasteiger partial charge on any atom is -0.369 e. The van der Waals surface area contributed by atoms with Crippen molar-refractivity contribution in [3.8, 4) is 22.3 Å². The molecule has 3 heterocycles. The van der Waals surface area contributed by atoms with Crippen molar-refractivity contribution < 1.29 is 8.42 Å². The summed E-state index contributed by atoms with van der Waals surface area (Å²) in [4.78, 5) is 10.4. The van der Waals surface area contributed by atoms with E-state index < -0.39 is 20.8 Å². The quantitative estimate of drug-likeness (QED) is 0.756. The largest absolute Gasteiger partial charge is 0.369 e. The second-order valence-corrected chi connectivity index (χ2v) is 10.3. The van der Waals surface area contributed by atoms with Crippen LogP contribution in [-0.4, -0.2) is 41.5 Å². The first-order chi connectivity index (χ1) is 12.7. The number of aromatic nitrogens is 1. The van der Waals surface area contributed by atoms with Gasteiger partial charge in [-0.2, -0.15) is 0 Å². The Morgan fingerprint density at radius 2 is 2.11 bits per heavy atom. The van der Waals surface area contributed by atoms with Crippen LogP contribution >= 0.6 is 22.9 Å². The van der Waals surface area contributed by atoms with Gasteiger partial charge < -0.3 is 5.73 Å². The van der Waals surface area contributed by atoms with Gasteiger partial charge in [0.25, 0.3) is 0 Å². The number of nitrogens with two attached hydrogens (primary N) is 1. The third-order valence-corrected chi connectivity index (χ3v) is 9.10. The number of thiophene rings is 1. The Morgan fingerprint density at radius 1 is 1.37 bits per heavy atom. The summed E-state index contributed by atoms with van der Waals surface area (Å²) in [5.74, 6) is 5.53. The predicted octanol–water partition coefficient (Wildman–Crippen LogP) is 2.65. The Hall–Kier alpha value is -2.08. The molecular weight excluding hydrogens is 404 g/mol. The lowest BCUT2D eigenvalue weighted by molar-refractivity contribution is 0.533. The number of fused-ring (bicyclic) bond motifs is 1. The Kier molecular flexibility index (Phi) is 4.04. The van der Waals surface area contributed by atoms with Crippen LogP contribution in [-0.2, 0) is 10.0 Å². The first kappa shape index (κ1) is 18.3. The number of hydrogen-bond acceptors (Lipinski definition) is 6. The Bertz CT molecular complexity index is 1150. The molecule has 1 saturated carbocycles. The lowest BCUT2D eigenvalue weighted by Crippen LogP contribution is -2.46. The third kappa shape index (κ3) is 2.64. The molecule has 0 saturated heterocycles. The van der Waals surface area contributed by atoms with Gasteiger partial charge in [0.15, 0.2) is 0 Å². The van der Waals surface area contributed by atoms with Crippen LogP contribution in [0.25, 0.3) is 10.4 Å². The van der Waals surface area contributed by atoms with Crippen LogP contribution in [0.15, 0.2) is 29.5 Å². The van der Waals surface area contributed by atoms with Crippen molar-refractivity contribution in [2.24, 2.45) is 10.7 Å². The van der Waals surface area contributed by atoms with Gasteiger partial charge in [0.1, 0.15) is 5.25 Å². The van der Waals surface area contributed by atoms with Gasteiger partial charge in [0, 0.05) is 46.2 Å². The monoisotopic (exact) mass is 420 g/mol. The molecule has 3 atom stereocenters. The summed E-state index contributed by atoms with van der Waals surface area (Å²) in [5.41, 5.74) is 6.75. The van der Waals surface area contributed by atoms with Gasteiger partial charge in [-0.1, -0.05) is 17.5 Å². The highest BCUT2D eigenvalue weighted by molar-refractivity contribution is 7.90. The molecule has 0 bridgehead atoms. The molecule has 2 aromatic heterocycles. The summed E-state index contributed by atoms with van der Waals surface area (Å²) in [7, 11) is -2.14. The molecule has 0 spiro atoms. The molecule has 2 aliphatic rings. The fourth-order valence-electron chi connectivity index (χ4n) is 3.61. The number of pyridine rings is 1. The highest BCUT2D eigenvalue weighted by Gasteiger charge is 2.73. The average Bonchev–Trinajstić information content (AvgIpc) is 3.04. The second-order valence-electron chi connectivity index (χ2n) is 6.77. The molecule has 1 aliphatic heterocycles. The van der Waals surface area contributed by atoms with Crippen LogP contribution in [0.3, 0.4) is 0 Å². The van der Waals surface area contributed by atoms with Crippen molar-refractivity contribution in [2.45, 2.75) is 30.6 Å². The van der Waals surface area contributed by atoms with Crippen molar-refractivity contribution in [3.63, 3.8) is 0 Å². The highest BCUT2D eigenvalue weighted by Crippen LogP contribution is 2.63. The van der Waals surface area contributed by atoms with Gasteiger partial charge in [-0.3, -0.25) is 4.98 Å². The molecule has 0 aromatic carbocycles. The third-order valence-electron chi connectivity index (χ3n) is 5.07. The van der Waals surface area contributed by atoms with Crippen molar-refractivity contribution in [1.29, 1.82) is 0 Å². The molecule has 1 aliphatic carbocycles.